The molecule has 1 saturated heterocycles. The van der Waals surface area contributed by atoms with E-state index in [1.807, 2.05) is 4.90 Å². The van der Waals surface area contributed by atoms with Crippen molar-refractivity contribution in [2.24, 2.45) is 4.99 Å². The molecule has 0 bridgehead atoms. The molecule has 15 heteroatoms. The minimum Gasteiger partial charge on any atom is -0.493 e. The molecule has 0 unspecified atom stereocenters. The number of nitrogens with one attached hydrogen (secondary N) is 2. The van der Waals surface area contributed by atoms with Crippen LogP contribution in [0.5, 0.6) is 5.88 Å². The van der Waals surface area contributed by atoms with Crippen molar-refractivity contribution in [1.29, 1.82) is 0 Å². The summed E-state index contributed by atoms with van der Waals surface area (Å²) in [6, 6.07) is 2.17. The highest BCUT2D eigenvalue weighted by Crippen LogP contribution is 2.31. The molecule has 4 aromatic rings. The number of aromatic hydroxyl groups is 1. The second-order valence-corrected chi connectivity index (χ2v) is 8.88. The largest absolute Gasteiger partial charge is 0.493 e. The van der Waals surface area contributed by atoms with Crippen LogP contribution in [0.3, 0.4) is 0 Å². The molecule has 0 radical (unpaired) electrons. The summed E-state index contributed by atoms with van der Waals surface area (Å²) in [6.07, 6.45) is 1.74. The minimum atomic E-state index is -4.44. The molecule has 4 aromatic heterocycles. The zero-order chi connectivity index (χ0) is 25.7. The van der Waals surface area contributed by atoms with Gasteiger partial charge in [0.15, 0.2) is 5.65 Å². The maximum atomic E-state index is 13.1. The lowest BCUT2D eigenvalue weighted by Gasteiger charge is -2.35. The van der Waals surface area contributed by atoms with Gasteiger partial charge in [0, 0.05) is 37.6 Å². The number of fused-ring (bicyclic) bond motifs is 1. The fourth-order valence-corrected chi connectivity index (χ4v) is 4.11. The molecule has 0 aromatic carbocycles. The Morgan fingerprint density at radius 3 is 2.54 bits per heavy atom. The minimum absolute atomic E-state index is 0.163. The van der Waals surface area contributed by atoms with Crippen molar-refractivity contribution in [1.82, 2.24) is 34.5 Å². The molecule has 37 heavy (non-hydrogen) atoms. The highest BCUT2D eigenvalue weighted by atomic mass is 19.4. The van der Waals surface area contributed by atoms with Crippen molar-refractivity contribution < 1.29 is 18.3 Å². The summed E-state index contributed by atoms with van der Waals surface area (Å²) in [4.78, 5) is 38.1. The van der Waals surface area contributed by atoms with Crippen LogP contribution in [0.2, 0.25) is 0 Å². The highest BCUT2D eigenvalue weighted by molar-refractivity contribution is 5.57. The van der Waals surface area contributed by atoms with Crippen LogP contribution >= 0.6 is 0 Å². The number of aromatic amines is 2. The van der Waals surface area contributed by atoms with E-state index in [0.29, 0.717) is 48.6 Å². The molecule has 6 rings (SSSR count). The highest BCUT2D eigenvalue weighted by Gasteiger charge is 2.32. The third kappa shape index (κ3) is 4.59. The van der Waals surface area contributed by atoms with Gasteiger partial charge in [-0.05, 0) is 31.1 Å². The van der Waals surface area contributed by atoms with Crippen molar-refractivity contribution in [3.63, 3.8) is 0 Å². The van der Waals surface area contributed by atoms with E-state index < -0.39 is 17.4 Å². The van der Waals surface area contributed by atoms with Crippen molar-refractivity contribution in [2.75, 3.05) is 36.0 Å². The average molecular weight is 514 g/mol. The van der Waals surface area contributed by atoms with Crippen molar-refractivity contribution in [3.8, 4) is 5.88 Å². The van der Waals surface area contributed by atoms with Crippen LogP contribution in [0.4, 0.5) is 24.9 Å². The maximum absolute atomic E-state index is 13.1. The summed E-state index contributed by atoms with van der Waals surface area (Å²) >= 11 is 0. The molecule has 2 aliphatic rings. The van der Waals surface area contributed by atoms with E-state index in [9.17, 15) is 23.1 Å². The fraction of sp³-hybridized carbons (Fsp3) is 0.364. The summed E-state index contributed by atoms with van der Waals surface area (Å²) in [5, 5.41) is 14.8. The number of alkyl halides is 3. The van der Waals surface area contributed by atoms with Gasteiger partial charge in [-0.15, -0.1) is 0 Å². The summed E-state index contributed by atoms with van der Waals surface area (Å²) in [5.74, 6) is 0.370. The van der Waals surface area contributed by atoms with Crippen molar-refractivity contribution >= 4 is 23.5 Å². The zero-order valence-corrected chi connectivity index (χ0v) is 19.3. The monoisotopic (exact) mass is 514 g/mol. The van der Waals surface area contributed by atoms with Crippen LogP contribution in [0.25, 0.3) is 11.7 Å². The molecule has 3 N–H and O–H groups in total. The van der Waals surface area contributed by atoms with E-state index in [4.69, 9.17) is 0 Å². The first kappa shape index (κ1) is 23.0. The van der Waals surface area contributed by atoms with Crippen LogP contribution < -0.4 is 26.3 Å². The van der Waals surface area contributed by atoms with E-state index in [-0.39, 0.29) is 23.4 Å². The molecule has 0 atom stereocenters. The van der Waals surface area contributed by atoms with Crippen LogP contribution in [0.1, 0.15) is 24.1 Å². The molecular weight excluding hydrogens is 493 g/mol. The Balaban J connectivity index is 1.33. The number of anilines is 2. The molecule has 1 aliphatic carbocycles. The molecular formula is C22H21F3N10O2. The standard InChI is InChI=1S/C22H21F3N10O2/c23-22(24,25)13-3-4-26-16(10-13)33-5-7-34(8-6-33)19-30-17-12(9-15-18(36)31-21(37)29-15)11-27-35(17)20(32-19)28-14-1-2-14/h3-4,9-11,14,36H,1-2,5-8H2,(H2,29,31,37). The van der Waals surface area contributed by atoms with Gasteiger partial charge < -0.3 is 19.9 Å². The number of hydrogen-bond acceptors (Lipinski definition) is 9. The van der Waals surface area contributed by atoms with Crippen LogP contribution in [0.15, 0.2) is 34.3 Å². The summed E-state index contributed by atoms with van der Waals surface area (Å²) in [5.41, 5.74) is -0.279. The van der Waals surface area contributed by atoms with Gasteiger partial charge in [-0.2, -0.15) is 32.8 Å². The second kappa shape index (κ2) is 8.60. The first-order valence-corrected chi connectivity index (χ1v) is 11.6. The van der Waals surface area contributed by atoms with Crippen LogP contribution in [0, 0.1) is 0 Å². The van der Waals surface area contributed by atoms with Crippen molar-refractivity contribution in [3.05, 3.63) is 57.1 Å². The Morgan fingerprint density at radius 2 is 1.86 bits per heavy atom. The number of aromatic nitrogens is 7. The molecule has 12 nitrogen and oxygen atoms in total. The van der Waals surface area contributed by atoms with E-state index in [1.165, 1.54) is 10.7 Å². The number of halogens is 3. The van der Waals surface area contributed by atoms with Crippen LogP contribution in [-0.4, -0.2) is 71.9 Å². The van der Waals surface area contributed by atoms with Gasteiger partial charge in [0.25, 0.3) is 5.62 Å². The van der Waals surface area contributed by atoms with Gasteiger partial charge in [0.05, 0.1) is 17.8 Å². The smallest absolute Gasteiger partial charge is 0.416 e. The normalized spacial score (nSPS) is 17.8. The molecule has 0 amide bonds. The molecule has 0 spiro atoms. The number of hydrogen-bond donors (Lipinski definition) is 3. The van der Waals surface area contributed by atoms with E-state index in [0.717, 1.165) is 25.0 Å². The first-order valence-electron chi connectivity index (χ1n) is 11.6. The van der Waals surface area contributed by atoms with E-state index in [2.05, 4.69) is 35.0 Å². The number of nitrogens with zero attached hydrogens (tertiary/aromatic N) is 8. The number of pyridine rings is 1. The lowest BCUT2D eigenvalue weighted by molar-refractivity contribution is -0.137. The number of imidazole rings is 1. The fourth-order valence-electron chi connectivity index (χ4n) is 4.11. The van der Waals surface area contributed by atoms with E-state index >= 15 is 0 Å². The second-order valence-electron chi connectivity index (χ2n) is 8.88. The Labute approximate surface area is 205 Å². The average Bonchev–Trinajstić information content (AvgIpc) is 3.51. The SMILES string of the molecule is O=c1[nH]c(O)c(C=c2cnn3c(=NC4CC4)nc(N4CCN(c5cc(C(F)(F)F)ccn5)CC4)nc23)[nH]1. The third-order valence-corrected chi connectivity index (χ3v) is 6.21. The summed E-state index contributed by atoms with van der Waals surface area (Å²) in [7, 11) is 0. The molecule has 1 saturated carbocycles. The number of piperazine rings is 1. The van der Waals surface area contributed by atoms with Gasteiger partial charge >= 0.3 is 11.9 Å². The predicted molar refractivity (Wildman–Crippen MR) is 125 cm³/mol. The summed E-state index contributed by atoms with van der Waals surface area (Å²) in [6.45, 7) is 1.76. The molecule has 1 aliphatic heterocycles. The Hall–Kier alpha value is -4.43. The van der Waals surface area contributed by atoms with Gasteiger partial charge in [0.2, 0.25) is 11.8 Å². The topological polar surface area (TPSA) is 144 Å². The lowest BCUT2D eigenvalue weighted by atomic mass is 10.2. The molecule has 192 valence electrons. The number of H-pyrrole nitrogens is 2. The molecule has 5 heterocycles. The Morgan fingerprint density at radius 1 is 1.11 bits per heavy atom. The Bertz CT molecular complexity index is 1650. The Kier molecular flexibility index (Phi) is 5.35. The van der Waals surface area contributed by atoms with Gasteiger partial charge in [-0.25, -0.2) is 14.8 Å². The van der Waals surface area contributed by atoms with E-state index in [1.54, 1.807) is 17.2 Å². The molecule has 2 fully saturated rings. The number of rotatable bonds is 4. The zero-order valence-electron chi connectivity index (χ0n) is 19.3. The van der Waals surface area contributed by atoms with Gasteiger partial charge in [-0.1, -0.05) is 0 Å². The van der Waals surface area contributed by atoms with Crippen molar-refractivity contribution in [2.45, 2.75) is 25.1 Å². The van der Waals surface area contributed by atoms with Gasteiger partial charge in [-0.3, -0.25) is 4.98 Å². The lowest BCUT2D eigenvalue weighted by Crippen LogP contribution is -2.48. The van der Waals surface area contributed by atoms with Gasteiger partial charge in [0.1, 0.15) is 11.5 Å². The maximum Gasteiger partial charge on any atom is 0.416 e. The summed E-state index contributed by atoms with van der Waals surface area (Å²) < 4.78 is 40.9. The third-order valence-electron chi connectivity index (χ3n) is 6.21. The quantitative estimate of drug-likeness (QED) is 0.350. The first-order chi connectivity index (χ1) is 17.7. The van der Waals surface area contributed by atoms with Crippen LogP contribution in [-0.2, 0) is 6.18 Å². The predicted octanol–water partition coefficient (Wildman–Crippen LogP) is 0.197.